The van der Waals surface area contributed by atoms with Crippen LogP contribution in [-0.2, 0) is 11.3 Å². The minimum atomic E-state index is -0.892. The highest BCUT2D eigenvalue weighted by atomic mass is 16.5. The second-order valence-corrected chi connectivity index (χ2v) is 5.89. The lowest BCUT2D eigenvalue weighted by atomic mass is 10.2. The third-order valence-corrected chi connectivity index (χ3v) is 3.76. The molecule has 26 heavy (non-hydrogen) atoms. The number of hydrogen-bond donors (Lipinski definition) is 2. The number of nitrogens with one attached hydrogen (secondary N) is 1. The van der Waals surface area contributed by atoms with Crippen molar-refractivity contribution in [3.63, 3.8) is 0 Å². The number of benzene rings is 2. The molecule has 134 valence electrons. The van der Waals surface area contributed by atoms with Crippen LogP contribution in [0.25, 0.3) is 10.8 Å². The predicted octanol–water partition coefficient (Wildman–Crippen LogP) is 1.79. The number of fused-ring (bicyclic) bond motifs is 1. The molecular formula is C19H19N3O4. The zero-order valence-corrected chi connectivity index (χ0v) is 14.3. The molecule has 7 nitrogen and oxygen atoms in total. The Morgan fingerprint density at radius 2 is 1.96 bits per heavy atom. The van der Waals surface area contributed by atoms with Crippen molar-refractivity contribution in [1.82, 2.24) is 9.78 Å². The van der Waals surface area contributed by atoms with Crippen molar-refractivity contribution in [2.45, 2.75) is 19.6 Å². The summed E-state index contributed by atoms with van der Waals surface area (Å²) >= 11 is 0. The molecule has 1 amide bonds. The number of hydrogen-bond acceptors (Lipinski definition) is 5. The highest BCUT2D eigenvalue weighted by Gasteiger charge is 2.10. The zero-order valence-electron chi connectivity index (χ0n) is 14.3. The number of aliphatic hydroxyl groups is 1. The first-order valence-corrected chi connectivity index (χ1v) is 8.16. The van der Waals surface area contributed by atoms with Crippen LogP contribution in [0.5, 0.6) is 5.75 Å². The van der Waals surface area contributed by atoms with Crippen LogP contribution in [0.1, 0.15) is 6.92 Å². The Labute approximate surface area is 149 Å². The van der Waals surface area contributed by atoms with E-state index < -0.39 is 6.10 Å². The Kier molecular flexibility index (Phi) is 5.28. The Morgan fingerprint density at radius 1 is 1.23 bits per heavy atom. The van der Waals surface area contributed by atoms with Crippen LogP contribution < -0.4 is 15.6 Å². The van der Waals surface area contributed by atoms with E-state index in [4.69, 9.17) is 4.74 Å². The largest absolute Gasteiger partial charge is 0.491 e. The van der Waals surface area contributed by atoms with Gasteiger partial charge in [-0.1, -0.05) is 18.2 Å². The standard InChI is InChI=1S/C19H19N3O4/c1-13(23)21-15-6-8-17(9-7-15)26-12-16(24)11-22-19(25)18-5-3-2-4-14(18)10-20-22/h2-10,16,24H,11-12H2,1H3,(H,21,23)/t16-/m1/s1. The van der Waals surface area contributed by atoms with Crippen molar-refractivity contribution < 1.29 is 14.6 Å². The number of nitrogens with zero attached hydrogens (tertiary/aromatic N) is 2. The van der Waals surface area contributed by atoms with Gasteiger partial charge in [0, 0.05) is 18.0 Å². The first kappa shape index (κ1) is 17.6. The monoisotopic (exact) mass is 353 g/mol. The number of carbonyl (C=O) groups is 1. The molecule has 1 aromatic heterocycles. The Balaban J connectivity index is 1.61. The van der Waals surface area contributed by atoms with Gasteiger partial charge in [-0.2, -0.15) is 5.10 Å². The molecule has 3 aromatic rings. The molecule has 0 saturated carbocycles. The SMILES string of the molecule is CC(=O)Nc1ccc(OC[C@H](O)Cn2ncc3ccccc3c2=O)cc1. The third-order valence-electron chi connectivity index (χ3n) is 3.76. The van der Waals surface area contributed by atoms with Crippen molar-refractivity contribution in [2.75, 3.05) is 11.9 Å². The second kappa shape index (κ2) is 7.79. The van der Waals surface area contributed by atoms with Crippen molar-refractivity contribution >= 4 is 22.4 Å². The normalized spacial score (nSPS) is 11.9. The van der Waals surface area contributed by atoms with Crippen LogP contribution >= 0.6 is 0 Å². The molecule has 0 aliphatic carbocycles. The van der Waals surface area contributed by atoms with Crippen molar-refractivity contribution in [1.29, 1.82) is 0 Å². The van der Waals surface area contributed by atoms with Crippen molar-refractivity contribution in [3.8, 4) is 5.75 Å². The minimum absolute atomic E-state index is 0.0143. The summed E-state index contributed by atoms with van der Waals surface area (Å²) in [4.78, 5) is 23.4. The van der Waals surface area contributed by atoms with E-state index in [2.05, 4.69) is 10.4 Å². The van der Waals surface area contributed by atoms with Gasteiger partial charge in [0.1, 0.15) is 18.5 Å². The van der Waals surface area contributed by atoms with E-state index in [9.17, 15) is 14.7 Å². The molecule has 7 heteroatoms. The lowest BCUT2D eigenvalue weighted by Crippen LogP contribution is -2.31. The van der Waals surface area contributed by atoms with Gasteiger partial charge in [0.25, 0.3) is 5.56 Å². The Morgan fingerprint density at radius 3 is 2.69 bits per heavy atom. The summed E-state index contributed by atoms with van der Waals surface area (Å²) in [5.41, 5.74) is 0.416. The number of carbonyl (C=O) groups excluding carboxylic acids is 1. The quantitative estimate of drug-likeness (QED) is 0.705. The summed E-state index contributed by atoms with van der Waals surface area (Å²) in [5.74, 6) is 0.402. The van der Waals surface area contributed by atoms with Crippen LogP contribution in [0.15, 0.2) is 59.5 Å². The molecule has 2 aromatic carbocycles. The molecule has 3 rings (SSSR count). The molecule has 0 aliphatic heterocycles. The zero-order chi connectivity index (χ0) is 18.5. The van der Waals surface area contributed by atoms with Gasteiger partial charge in [-0.15, -0.1) is 0 Å². The smallest absolute Gasteiger partial charge is 0.274 e. The topological polar surface area (TPSA) is 93.4 Å². The fraction of sp³-hybridized carbons (Fsp3) is 0.211. The summed E-state index contributed by atoms with van der Waals surface area (Å²) < 4.78 is 6.75. The molecule has 0 radical (unpaired) electrons. The number of anilines is 1. The fourth-order valence-electron chi connectivity index (χ4n) is 2.54. The molecule has 0 fully saturated rings. The van der Waals surface area contributed by atoms with E-state index >= 15 is 0 Å². The van der Waals surface area contributed by atoms with Crippen LogP contribution in [0.3, 0.4) is 0 Å². The first-order valence-electron chi connectivity index (χ1n) is 8.16. The van der Waals surface area contributed by atoms with E-state index in [0.717, 1.165) is 5.39 Å². The van der Waals surface area contributed by atoms with Gasteiger partial charge < -0.3 is 15.2 Å². The maximum absolute atomic E-state index is 12.4. The highest BCUT2D eigenvalue weighted by molar-refractivity contribution is 5.88. The molecule has 0 saturated heterocycles. The van der Waals surface area contributed by atoms with Crippen LogP contribution in [0.4, 0.5) is 5.69 Å². The summed E-state index contributed by atoms with van der Waals surface area (Å²) in [6, 6.07) is 14.0. The van der Waals surface area contributed by atoms with Crippen LogP contribution in [-0.4, -0.2) is 33.5 Å². The van der Waals surface area contributed by atoms with Gasteiger partial charge in [0.15, 0.2) is 0 Å². The van der Waals surface area contributed by atoms with Gasteiger partial charge in [-0.05, 0) is 30.3 Å². The van der Waals surface area contributed by atoms with Crippen LogP contribution in [0, 0.1) is 0 Å². The predicted molar refractivity (Wildman–Crippen MR) is 98.3 cm³/mol. The molecule has 2 N–H and O–H groups in total. The van der Waals surface area contributed by atoms with Crippen molar-refractivity contribution in [3.05, 3.63) is 65.1 Å². The number of ether oxygens (including phenoxy) is 1. The average Bonchev–Trinajstić information content (AvgIpc) is 2.63. The number of amides is 1. The van der Waals surface area contributed by atoms with Gasteiger partial charge in [-0.3, -0.25) is 9.59 Å². The van der Waals surface area contributed by atoms with E-state index in [1.54, 1.807) is 42.6 Å². The second-order valence-electron chi connectivity index (χ2n) is 5.89. The van der Waals surface area contributed by atoms with Gasteiger partial charge in [0.05, 0.1) is 18.1 Å². The molecule has 1 atom stereocenters. The maximum Gasteiger partial charge on any atom is 0.274 e. The molecule has 1 heterocycles. The fourth-order valence-corrected chi connectivity index (χ4v) is 2.54. The first-order chi connectivity index (χ1) is 12.5. The number of rotatable bonds is 6. The third kappa shape index (κ3) is 4.25. The number of aliphatic hydroxyl groups excluding tert-OH is 1. The molecular weight excluding hydrogens is 334 g/mol. The van der Waals surface area contributed by atoms with E-state index in [1.807, 2.05) is 12.1 Å². The average molecular weight is 353 g/mol. The van der Waals surface area contributed by atoms with Crippen molar-refractivity contribution in [2.24, 2.45) is 0 Å². The van der Waals surface area contributed by atoms with Gasteiger partial charge >= 0.3 is 0 Å². The summed E-state index contributed by atoms with van der Waals surface area (Å²) in [5, 5.41) is 18.2. The highest BCUT2D eigenvalue weighted by Crippen LogP contribution is 2.16. The minimum Gasteiger partial charge on any atom is -0.491 e. The van der Waals surface area contributed by atoms with Crippen LogP contribution in [0.2, 0.25) is 0 Å². The summed E-state index contributed by atoms with van der Waals surface area (Å²) in [6.07, 6.45) is 0.710. The van der Waals surface area contributed by atoms with E-state index in [0.29, 0.717) is 16.8 Å². The Hall–Kier alpha value is -3.19. The van der Waals surface area contributed by atoms with Gasteiger partial charge in [0.2, 0.25) is 5.91 Å². The lowest BCUT2D eigenvalue weighted by molar-refractivity contribution is -0.114. The maximum atomic E-state index is 12.4. The molecule has 0 unspecified atom stereocenters. The van der Waals surface area contributed by atoms with Gasteiger partial charge in [-0.25, -0.2) is 4.68 Å². The van der Waals surface area contributed by atoms with E-state index in [1.165, 1.54) is 11.6 Å². The summed E-state index contributed by atoms with van der Waals surface area (Å²) in [7, 11) is 0. The summed E-state index contributed by atoms with van der Waals surface area (Å²) in [6.45, 7) is 1.48. The molecule has 0 spiro atoms. The Bertz CT molecular complexity index is 966. The van der Waals surface area contributed by atoms with E-state index in [-0.39, 0.29) is 24.6 Å². The number of aromatic nitrogens is 2. The molecule has 0 aliphatic rings. The molecule has 0 bridgehead atoms. The lowest BCUT2D eigenvalue weighted by Gasteiger charge is -2.14.